The van der Waals surface area contributed by atoms with Gasteiger partial charge in [-0.3, -0.25) is 9.79 Å². The highest BCUT2D eigenvalue weighted by atomic mass is 16.5. The Morgan fingerprint density at radius 2 is 1.80 bits per heavy atom. The molecule has 0 aliphatic carbocycles. The smallest absolute Gasteiger partial charge is 0.176 e. The second-order valence-corrected chi connectivity index (χ2v) is 7.73. The Labute approximate surface area is 175 Å². The number of rotatable bonds is 5. The van der Waals surface area contributed by atoms with Crippen molar-refractivity contribution in [1.29, 1.82) is 0 Å². The van der Waals surface area contributed by atoms with Gasteiger partial charge in [0.2, 0.25) is 0 Å². The van der Waals surface area contributed by atoms with Crippen LogP contribution in [-0.4, -0.2) is 47.9 Å². The topological polar surface area (TPSA) is 79.8 Å². The fourth-order valence-electron chi connectivity index (χ4n) is 4.05. The molecule has 1 aromatic heterocycles. The molecule has 0 amide bonds. The number of hydrogen-bond acceptors (Lipinski definition) is 5. The number of ether oxygens (including phenoxy) is 2. The summed E-state index contributed by atoms with van der Waals surface area (Å²) in [6.07, 6.45) is 0. The molecule has 2 aromatic carbocycles. The highest BCUT2D eigenvalue weighted by molar-refractivity contribution is 6.26. The van der Waals surface area contributed by atoms with E-state index in [-0.39, 0.29) is 5.78 Å². The lowest BCUT2D eigenvalue weighted by molar-refractivity contribution is -0.121. The van der Waals surface area contributed by atoms with Crippen molar-refractivity contribution in [2.75, 3.05) is 25.7 Å². The molecule has 3 aromatic rings. The third kappa shape index (κ3) is 3.10. The molecule has 1 unspecified atom stereocenters. The van der Waals surface area contributed by atoms with Gasteiger partial charge in [-0.05, 0) is 32.9 Å². The van der Waals surface area contributed by atoms with Gasteiger partial charge >= 0.3 is 0 Å². The molecule has 0 bridgehead atoms. The van der Waals surface area contributed by atoms with E-state index >= 15 is 0 Å². The molecular weight excluding hydrogens is 380 g/mol. The average molecular weight is 406 g/mol. The number of amidine groups is 1. The first-order valence-corrected chi connectivity index (χ1v) is 9.97. The summed E-state index contributed by atoms with van der Waals surface area (Å²) in [6, 6.07) is 13.4. The number of para-hydroxylation sites is 2. The number of benzene rings is 2. The number of imidazole rings is 1. The molecule has 1 N–H and O–H groups in total. The maximum absolute atomic E-state index is 13.6. The highest BCUT2D eigenvalue weighted by Crippen LogP contribution is 2.42. The molecule has 0 radical (unpaired) electrons. The minimum Gasteiger partial charge on any atom is -0.497 e. The van der Waals surface area contributed by atoms with Crippen LogP contribution >= 0.6 is 0 Å². The molecule has 4 rings (SSSR count). The summed E-state index contributed by atoms with van der Waals surface area (Å²) in [5.41, 5.74) is 1.69. The van der Waals surface area contributed by atoms with Crippen LogP contribution in [0.3, 0.4) is 0 Å². The zero-order valence-corrected chi connectivity index (χ0v) is 17.9. The second kappa shape index (κ2) is 7.48. The van der Waals surface area contributed by atoms with Gasteiger partial charge in [0.15, 0.2) is 5.78 Å². The van der Waals surface area contributed by atoms with Crippen LogP contribution in [0.2, 0.25) is 0 Å². The first kappa shape index (κ1) is 19.9. The lowest BCUT2D eigenvalue weighted by atomic mass is 9.93. The van der Waals surface area contributed by atoms with E-state index in [1.165, 1.54) is 0 Å². The Morgan fingerprint density at radius 1 is 1.13 bits per heavy atom. The number of Topliss-reactive ketones (excluding diaryl/α,β-unsaturated/α-hetero) is 1. The predicted molar refractivity (Wildman–Crippen MR) is 118 cm³/mol. The van der Waals surface area contributed by atoms with Gasteiger partial charge in [0.05, 0.1) is 30.9 Å². The van der Waals surface area contributed by atoms with Crippen molar-refractivity contribution in [2.24, 2.45) is 4.99 Å². The van der Waals surface area contributed by atoms with Crippen molar-refractivity contribution in [2.45, 2.75) is 32.2 Å². The van der Waals surface area contributed by atoms with E-state index in [1.54, 1.807) is 14.2 Å². The largest absolute Gasteiger partial charge is 0.497 e. The number of carbonyl (C=O) groups is 1. The standard InChI is InChI=1S/C23H26N4O3/c1-6-24-22-19(21-25-17-9-7-8-10-18(17)26-21)20(28)23(2,3)27(22)14-11-15(29-4)13-16(12-14)30-5/h7-13,19H,6H2,1-5H3,(H,25,26). The monoisotopic (exact) mass is 406 g/mol. The summed E-state index contributed by atoms with van der Waals surface area (Å²) in [5, 5.41) is 0. The first-order valence-electron chi connectivity index (χ1n) is 9.97. The number of fused-ring (bicyclic) bond motifs is 1. The molecule has 2 heterocycles. The predicted octanol–water partition coefficient (Wildman–Crippen LogP) is 3.95. The van der Waals surface area contributed by atoms with Crippen molar-refractivity contribution in [1.82, 2.24) is 9.97 Å². The van der Waals surface area contributed by atoms with Crippen LogP contribution in [0.25, 0.3) is 11.0 Å². The van der Waals surface area contributed by atoms with Crippen LogP contribution in [0.4, 0.5) is 5.69 Å². The Kier molecular flexibility index (Phi) is 4.97. The number of aromatic nitrogens is 2. The summed E-state index contributed by atoms with van der Waals surface area (Å²) in [6.45, 7) is 6.33. The first-order chi connectivity index (χ1) is 14.4. The number of aliphatic imine (C=N–C) groups is 1. The SMILES string of the molecule is CCN=C1C(c2nc3ccccc3[nH]2)C(=O)C(C)(C)N1c1cc(OC)cc(OC)c1. The van der Waals surface area contributed by atoms with Gasteiger partial charge in [-0.2, -0.15) is 0 Å². The molecule has 1 aliphatic rings. The van der Waals surface area contributed by atoms with Gasteiger partial charge in [-0.25, -0.2) is 4.98 Å². The number of methoxy groups -OCH3 is 2. The van der Waals surface area contributed by atoms with E-state index in [0.717, 1.165) is 16.7 Å². The molecule has 30 heavy (non-hydrogen) atoms. The van der Waals surface area contributed by atoms with Crippen molar-refractivity contribution < 1.29 is 14.3 Å². The molecule has 7 heteroatoms. The lowest BCUT2D eigenvalue weighted by Crippen LogP contribution is -2.44. The van der Waals surface area contributed by atoms with Crippen LogP contribution in [0, 0.1) is 0 Å². The average Bonchev–Trinajstić information content (AvgIpc) is 3.24. The van der Waals surface area contributed by atoms with Crippen molar-refractivity contribution >= 4 is 28.3 Å². The minimum absolute atomic E-state index is 0.0375. The number of carbonyl (C=O) groups excluding carboxylic acids is 1. The molecule has 1 atom stereocenters. The second-order valence-electron chi connectivity index (χ2n) is 7.73. The molecule has 7 nitrogen and oxygen atoms in total. The number of aromatic amines is 1. The zero-order chi connectivity index (χ0) is 21.5. The Morgan fingerprint density at radius 3 is 2.40 bits per heavy atom. The number of nitrogens with one attached hydrogen (secondary N) is 1. The molecule has 1 fully saturated rings. The number of nitrogens with zero attached hydrogens (tertiary/aromatic N) is 3. The quantitative estimate of drug-likeness (QED) is 0.694. The van der Waals surface area contributed by atoms with Crippen LogP contribution < -0.4 is 14.4 Å². The third-order valence-corrected chi connectivity index (χ3v) is 5.51. The van der Waals surface area contributed by atoms with Crippen molar-refractivity contribution in [3.8, 4) is 11.5 Å². The summed E-state index contributed by atoms with van der Waals surface area (Å²) in [5.74, 6) is 2.03. The van der Waals surface area contributed by atoms with E-state index in [1.807, 2.05) is 68.1 Å². The summed E-state index contributed by atoms with van der Waals surface area (Å²) < 4.78 is 10.9. The van der Waals surface area contributed by atoms with Crippen molar-refractivity contribution in [3.63, 3.8) is 0 Å². The lowest BCUT2D eigenvalue weighted by Gasteiger charge is -2.32. The van der Waals surface area contributed by atoms with Crippen LogP contribution in [0.1, 0.15) is 32.5 Å². The van der Waals surface area contributed by atoms with Gasteiger partial charge in [-0.1, -0.05) is 12.1 Å². The van der Waals surface area contributed by atoms with Crippen LogP contribution in [0.5, 0.6) is 11.5 Å². The van der Waals surface area contributed by atoms with E-state index in [0.29, 0.717) is 29.7 Å². The number of anilines is 1. The molecule has 0 saturated carbocycles. The van der Waals surface area contributed by atoms with E-state index < -0.39 is 11.5 Å². The van der Waals surface area contributed by atoms with Gasteiger partial charge in [0.25, 0.3) is 0 Å². The van der Waals surface area contributed by atoms with E-state index in [4.69, 9.17) is 19.5 Å². The van der Waals surface area contributed by atoms with Gasteiger partial charge < -0.3 is 19.4 Å². The Bertz CT molecular complexity index is 1080. The molecule has 1 saturated heterocycles. The summed E-state index contributed by atoms with van der Waals surface area (Å²) in [7, 11) is 3.22. The van der Waals surface area contributed by atoms with Gasteiger partial charge in [0.1, 0.15) is 34.6 Å². The third-order valence-electron chi connectivity index (χ3n) is 5.51. The van der Waals surface area contributed by atoms with Gasteiger partial charge in [-0.15, -0.1) is 0 Å². The van der Waals surface area contributed by atoms with E-state index in [2.05, 4.69) is 4.98 Å². The fourth-order valence-corrected chi connectivity index (χ4v) is 4.05. The number of ketones is 1. The van der Waals surface area contributed by atoms with E-state index in [9.17, 15) is 4.79 Å². The Hall–Kier alpha value is -3.35. The molecule has 1 aliphatic heterocycles. The van der Waals surface area contributed by atoms with Gasteiger partial charge in [0, 0.05) is 24.7 Å². The number of hydrogen-bond donors (Lipinski definition) is 1. The molecule has 156 valence electrons. The zero-order valence-electron chi connectivity index (χ0n) is 17.9. The fraction of sp³-hybridized carbons (Fsp3) is 0.348. The summed E-state index contributed by atoms with van der Waals surface area (Å²) in [4.78, 5) is 28.4. The number of H-pyrrole nitrogens is 1. The molecular formula is C23H26N4O3. The normalized spacial score (nSPS) is 19.6. The Balaban J connectivity index is 1.89. The summed E-state index contributed by atoms with van der Waals surface area (Å²) >= 11 is 0. The highest BCUT2D eigenvalue weighted by Gasteiger charge is 2.53. The maximum atomic E-state index is 13.6. The van der Waals surface area contributed by atoms with Crippen LogP contribution in [0.15, 0.2) is 47.5 Å². The minimum atomic E-state index is -0.824. The maximum Gasteiger partial charge on any atom is 0.176 e. The molecule has 0 spiro atoms. The van der Waals surface area contributed by atoms with Crippen molar-refractivity contribution in [3.05, 3.63) is 48.3 Å². The van der Waals surface area contributed by atoms with Crippen LogP contribution in [-0.2, 0) is 4.79 Å².